The molecule has 5 heteroatoms. The highest BCUT2D eigenvalue weighted by Gasteiger charge is 2.01. The van der Waals surface area contributed by atoms with Crippen LogP contribution in [0, 0.1) is 0 Å². The lowest BCUT2D eigenvalue weighted by Gasteiger charge is -2.03. The molecule has 4 N–H and O–H groups in total. The molecule has 1 aromatic heterocycles. The van der Waals surface area contributed by atoms with E-state index in [9.17, 15) is 4.79 Å². The van der Waals surface area contributed by atoms with Crippen LogP contribution in [0.1, 0.15) is 19.0 Å². The van der Waals surface area contributed by atoms with Gasteiger partial charge in [0.1, 0.15) is 0 Å². The van der Waals surface area contributed by atoms with Gasteiger partial charge in [0.2, 0.25) is 5.95 Å². The minimum Gasteiger partial charge on any atom is -0.368 e. The number of aryl methyl sites for hydroxylation is 1. The van der Waals surface area contributed by atoms with Crippen LogP contribution in [0.4, 0.5) is 5.95 Å². The number of rotatable bonds is 2. The third-order valence-electron chi connectivity index (χ3n) is 1.54. The van der Waals surface area contributed by atoms with Crippen LogP contribution in [0.5, 0.6) is 0 Å². The summed E-state index contributed by atoms with van der Waals surface area (Å²) in [4.78, 5) is 15.0. The largest absolute Gasteiger partial charge is 0.368 e. The van der Waals surface area contributed by atoms with Crippen molar-refractivity contribution in [1.29, 1.82) is 0 Å². The fourth-order valence-electron chi connectivity index (χ4n) is 0.942. The number of aromatic nitrogens is 2. The lowest BCUT2D eigenvalue weighted by atomic mass is 10.2. The quantitative estimate of drug-likeness (QED) is 0.582. The van der Waals surface area contributed by atoms with Gasteiger partial charge in [-0.2, -0.15) is 4.68 Å². The summed E-state index contributed by atoms with van der Waals surface area (Å²) in [6.45, 7) is 2.01. The van der Waals surface area contributed by atoms with Gasteiger partial charge in [-0.05, 0) is 6.42 Å². The first-order chi connectivity index (χ1) is 5.65. The van der Waals surface area contributed by atoms with Gasteiger partial charge < -0.3 is 11.6 Å². The smallest absolute Gasteiger partial charge is 0.273 e. The fourth-order valence-corrected chi connectivity index (χ4v) is 0.942. The first-order valence-electron chi connectivity index (χ1n) is 3.78. The van der Waals surface area contributed by atoms with Gasteiger partial charge in [-0.25, -0.2) is 4.98 Å². The van der Waals surface area contributed by atoms with Crippen LogP contribution < -0.4 is 17.1 Å². The molecule has 5 nitrogen and oxygen atoms in total. The van der Waals surface area contributed by atoms with Crippen molar-refractivity contribution < 1.29 is 0 Å². The minimum absolute atomic E-state index is 0.0611. The maximum absolute atomic E-state index is 11.1. The maximum Gasteiger partial charge on any atom is 0.273 e. The van der Waals surface area contributed by atoms with Crippen molar-refractivity contribution in [2.75, 3.05) is 11.6 Å². The van der Waals surface area contributed by atoms with Crippen LogP contribution in [-0.4, -0.2) is 9.66 Å². The monoisotopic (exact) mass is 168 g/mol. The number of hydrogen-bond donors (Lipinski definition) is 2. The summed E-state index contributed by atoms with van der Waals surface area (Å²) < 4.78 is 0.832. The second-order valence-corrected chi connectivity index (χ2v) is 2.56. The van der Waals surface area contributed by atoms with Gasteiger partial charge in [-0.1, -0.05) is 13.3 Å². The summed E-state index contributed by atoms with van der Waals surface area (Å²) in [5, 5.41) is 0. The molecule has 0 aromatic carbocycles. The van der Waals surface area contributed by atoms with E-state index < -0.39 is 0 Å². The summed E-state index contributed by atoms with van der Waals surface area (Å²) in [7, 11) is 0. The molecule has 1 rings (SSSR count). The summed E-state index contributed by atoms with van der Waals surface area (Å²) in [5.74, 6) is 5.32. The van der Waals surface area contributed by atoms with E-state index in [1.165, 1.54) is 6.07 Å². The molecule has 1 heterocycles. The Kier molecular flexibility index (Phi) is 2.32. The van der Waals surface area contributed by atoms with Gasteiger partial charge in [-0.15, -0.1) is 0 Å². The molecule has 0 spiro atoms. The Hall–Kier alpha value is -1.52. The molecule has 0 amide bonds. The molecule has 0 saturated heterocycles. The van der Waals surface area contributed by atoms with Crippen molar-refractivity contribution in [3.05, 3.63) is 22.1 Å². The number of nitrogens with zero attached hydrogens (tertiary/aromatic N) is 2. The summed E-state index contributed by atoms with van der Waals surface area (Å²) in [6, 6.07) is 1.40. The minimum atomic E-state index is -0.314. The first-order valence-corrected chi connectivity index (χ1v) is 3.78. The van der Waals surface area contributed by atoms with Crippen LogP contribution in [0.3, 0.4) is 0 Å². The van der Waals surface area contributed by atoms with Crippen molar-refractivity contribution in [3.8, 4) is 0 Å². The van der Waals surface area contributed by atoms with Gasteiger partial charge in [0.15, 0.2) is 0 Å². The highest BCUT2D eigenvalue weighted by Crippen LogP contribution is 1.97. The molecule has 0 radical (unpaired) electrons. The van der Waals surface area contributed by atoms with Crippen molar-refractivity contribution in [2.45, 2.75) is 19.8 Å². The second kappa shape index (κ2) is 3.25. The van der Waals surface area contributed by atoms with Crippen molar-refractivity contribution >= 4 is 5.95 Å². The van der Waals surface area contributed by atoms with E-state index in [0.717, 1.165) is 17.5 Å². The predicted molar refractivity (Wildman–Crippen MR) is 47.1 cm³/mol. The molecule has 1 aromatic rings. The van der Waals surface area contributed by atoms with Gasteiger partial charge in [-0.3, -0.25) is 4.79 Å². The molecule has 66 valence electrons. The predicted octanol–water partition coefficient (Wildman–Crippen LogP) is -0.508. The Morgan fingerprint density at radius 3 is 2.83 bits per heavy atom. The molecular formula is C7H12N4O. The van der Waals surface area contributed by atoms with Crippen LogP contribution in [-0.2, 0) is 6.42 Å². The average Bonchev–Trinajstić information content (AvgIpc) is 2.01. The Balaban J connectivity index is 3.13. The molecular weight excluding hydrogens is 156 g/mol. The van der Waals surface area contributed by atoms with Crippen molar-refractivity contribution in [3.63, 3.8) is 0 Å². The maximum atomic E-state index is 11.1. The van der Waals surface area contributed by atoms with E-state index in [1.54, 1.807) is 0 Å². The zero-order chi connectivity index (χ0) is 9.14. The van der Waals surface area contributed by atoms with Crippen molar-refractivity contribution in [1.82, 2.24) is 9.66 Å². The Morgan fingerprint density at radius 2 is 2.33 bits per heavy atom. The molecule has 0 aliphatic heterocycles. The van der Waals surface area contributed by atoms with Crippen LogP contribution in [0.25, 0.3) is 0 Å². The summed E-state index contributed by atoms with van der Waals surface area (Å²) >= 11 is 0. The van der Waals surface area contributed by atoms with E-state index in [1.807, 2.05) is 6.92 Å². The third-order valence-corrected chi connectivity index (χ3v) is 1.54. The van der Waals surface area contributed by atoms with E-state index in [4.69, 9.17) is 11.6 Å². The fraction of sp³-hybridized carbons (Fsp3) is 0.429. The standard InChI is InChI=1S/C7H12N4O/c1-2-3-5-4-6(12)11(9)7(8)10-5/h4H,2-3,9H2,1H3,(H2,8,10). The molecule has 0 unspecified atom stereocenters. The van der Waals surface area contributed by atoms with Gasteiger partial charge in [0, 0.05) is 11.8 Å². The van der Waals surface area contributed by atoms with E-state index in [0.29, 0.717) is 5.69 Å². The molecule has 0 aliphatic carbocycles. The number of nitrogen functional groups attached to an aromatic ring is 2. The SMILES string of the molecule is CCCc1cc(=O)n(N)c(N)n1. The van der Waals surface area contributed by atoms with E-state index in [2.05, 4.69) is 4.98 Å². The van der Waals surface area contributed by atoms with E-state index in [-0.39, 0.29) is 11.5 Å². The Morgan fingerprint density at radius 1 is 1.67 bits per heavy atom. The average molecular weight is 168 g/mol. The molecule has 12 heavy (non-hydrogen) atoms. The van der Waals surface area contributed by atoms with Crippen LogP contribution in [0.15, 0.2) is 10.9 Å². The van der Waals surface area contributed by atoms with Crippen LogP contribution >= 0.6 is 0 Å². The zero-order valence-electron chi connectivity index (χ0n) is 6.95. The zero-order valence-corrected chi connectivity index (χ0v) is 6.95. The lowest BCUT2D eigenvalue weighted by Crippen LogP contribution is -2.30. The third kappa shape index (κ3) is 1.55. The first kappa shape index (κ1) is 8.58. The normalized spacial score (nSPS) is 10.1. The number of anilines is 1. The summed E-state index contributed by atoms with van der Waals surface area (Å²) in [6.07, 6.45) is 1.68. The molecule has 0 bridgehead atoms. The number of hydrogen-bond acceptors (Lipinski definition) is 4. The molecule has 0 fully saturated rings. The number of nitrogens with two attached hydrogens (primary N) is 2. The second-order valence-electron chi connectivity index (χ2n) is 2.56. The van der Waals surface area contributed by atoms with Crippen LogP contribution in [0.2, 0.25) is 0 Å². The topological polar surface area (TPSA) is 86.9 Å². The van der Waals surface area contributed by atoms with Gasteiger partial charge in [0.05, 0.1) is 0 Å². The highest BCUT2D eigenvalue weighted by atomic mass is 16.1. The molecule has 0 saturated carbocycles. The molecule has 0 aliphatic rings. The van der Waals surface area contributed by atoms with E-state index >= 15 is 0 Å². The van der Waals surface area contributed by atoms with Gasteiger partial charge in [0.25, 0.3) is 5.56 Å². The van der Waals surface area contributed by atoms with Gasteiger partial charge >= 0.3 is 0 Å². The Labute approximate surface area is 70.0 Å². The van der Waals surface area contributed by atoms with Crippen molar-refractivity contribution in [2.24, 2.45) is 0 Å². The molecule has 0 atom stereocenters. The highest BCUT2D eigenvalue weighted by molar-refractivity contribution is 5.20. The Bertz CT molecular complexity index is 331. The lowest BCUT2D eigenvalue weighted by molar-refractivity contribution is 0.831. The summed E-state index contributed by atoms with van der Waals surface area (Å²) in [5.41, 5.74) is 5.76.